The van der Waals surface area contributed by atoms with Crippen molar-refractivity contribution < 1.29 is 9.72 Å². The third-order valence-electron chi connectivity index (χ3n) is 3.48. The Balaban J connectivity index is 1.62. The highest BCUT2D eigenvalue weighted by Crippen LogP contribution is 2.30. The molecule has 0 bridgehead atoms. The second-order valence-corrected chi connectivity index (χ2v) is 7.67. The van der Waals surface area contributed by atoms with Gasteiger partial charge < -0.3 is 5.32 Å². The second kappa shape index (κ2) is 8.11. The molecule has 1 amide bonds. The number of hydrogen-bond acceptors (Lipinski definition) is 6. The first-order valence-corrected chi connectivity index (χ1v) is 9.43. The van der Waals surface area contributed by atoms with Crippen molar-refractivity contribution in [2.24, 2.45) is 0 Å². The van der Waals surface area contributed by atoms with Gasteiger partial charge in [-0.25, -0.2) is 4.98 Å². The Hall–Kier alpha value is -2.71. The molecule has 6 nitrogen and oxygen atoms in total. The predicted octanol–water partition coefficient (Wildman–Crippen LogP) is 4.69. The van der Waals surface area contributed by atoms with Crippen molar-refractivity contribution in [1.82, 2.24) is 4.98 Å². The molecule has 0 fully saturated rings. The lowest BCUT2D eigenvalue weighted by Crippen LogP contribution is -2.15. The molecular weight excluding hydrogens is 370 g/mol. The number of para-hydroxylation sites is 1. The molecule has 0 radical (unpaired) electrons. The van der Waals surface area contributed by atoms with Gasteiger partial charge in [-0.05, 0) is 31.2 Å². The summed E-state index contributed by atoms with van der Waals surface area (Å²) < 4.78 is 0.968. The predicted molar refractivity (Wildman–Crippen MR) is 103 cm³/mol. The molecule has 3 rings (SSSR count). The Bertz CT molecular complexity index is 939. The van der Waals surface area contributed by atoms with Crippen LogP contribution < -0.4 is 5.32 Å². The Morgan fingerprint density at radius 2 is 1.96 bits per heavy atom. The van der Waals surface area contributed by atoms with Crippen molar-refractivity contribution in [3.63, 3.8) is 0 Å². The minimum Gasteiger partial charge on any atom is -0.326 e. The largest absolute Gasteiger partial charge is 0.326 e. The lowest BCUT2D eigenvalue weighted by atomic mass is 10.1. The van der Waals surface area contributed by atoms with Crippen LogP contribution in [0.5, 0.6) is 0 Å². The van der Waals surface area contributed by atoms with Gasteiger partial charge in [0.05, 0.1) is 11.3 Å². The monoisotopic (exact) mass is 385 g/mol. The van der Waals surface area contributed by atoms with E-state index < -0.39 is 4.92 Å². The number of nitrogens with one attached hydrogen (secondary N) is 1. The van der Waals surface area contributed by atoms with E-state index in [1.165, 1.54) is 6.07 Å². The normalized spacial score (nSPS) is 10.5. The Morgan fingerprint density at radius 3 is 2.62 bits per heavy atom. The van der Waals surface area contributed by atoms with Crippen LogP contribution in [0.1, 0.15) is 11.3 Å². The molecule has 1 N–H and O–H groups in total. The van der Waals surface area contributed by atoms with Crippen molar-refractivity contribution in [3.05, 3.63) is 75.3 Å². The highest BCUT2D eigenvalue weighted by molar-refractivity contribution is 8.01. The maximum absolute atomic E-state index is 12.2. The fourth-order valence-electron chi connectivity index (χ4n) is 2.30. The number of carbonyl (C=O) groups is 1. The molecule has 0 aliphatic rings. The van der Waals surface area contributed by atoms with Crippen molar-refractivity contribution in [2.75, 3.05) is 5.32 Å². The molecule has 0 spiro atoms. The number of nitro benzene ring substituents is 1. The van der Waals surface area contributed by atoms with Gasteiger partial charge in [-0.2, -0.15) is 0 Å². The van der Waals surface area contributed by atoms with Crippen LogP contribution in [-0.2, 0) is 11.2 Å². The van der Waals surface area contributed by atoms with Crippen LogP contribution in [0.2, 0.25) is 0 Å². The number of nitrogens with zero attached hydrogens (tertiary/aromatic N) is 2. The van der Waals surface area contributed by atoms with E-state index in [0.717, 1.165) is 14.9 Å². The first-order chi connectivity index (χ1) is 12.5. The molecule has 8 heteroatoms. The van der Waals surface area contributed by atoms with Gasteiger partial charge in [-0.15, -0.1) is 11.3 Å². The number of aryl methyl sites for hydroxylation is 1. The first-order valence-electron chi connectivity index (χ1n) is 7.73. The number of rotatable bonds is 6. The molecule has 0 aliphatic carbocycles. The summed E-state index contributed by atoms with van der Waals surface area (Å²) in [5, 5.41) is 15.8. The lowest BCUT2D eigenvalue weighted by Gasteiger charge is -2.06. The molecule has 2 aromatic carbocycles. The van der Waals surface area contributed by atoms with E-state index in [9.17, 15) is 14.9 Å². The van der Waals surface area contributed by atoms with Crippen LogP contribution in [0.25, 0.3) is 0 Å². The van der Waals surface area contributed by atoms with E-state index in [2.05, 4.69) is 10.3 Å². The number of carbonyl (C=O) groups excluding carboxylic acids is 1. The number of nitro groups is 1. The summed E-state index contributed by atoms with van der Waals surface area (Å²) in [5.74, 6) is -0.296. The number of amides is 1. The van der Waals surface area contributed by atoms with Gasteiger partial charge in [0.25, 0.3) is 5.69 Å². The van der Waals surface area contributed by atoms with Crippen LogP contribution in [0.3, 0.4) is 0 Å². The van der Waals surface area contributed by atoms with Crippen molar-refractivity contribution in [1.29, 1.82) is 0 Å². The highest BCUT2D eigenvalue weighted by Gasteiger charge is 2.15. The summed E-state index contributed by atoms with van der Waals surface area (Å²) in [7, 11) is 0. The third kappa shape index (κ3) is 4.68. The zero-order valence-electron chi connectivity index (χ0n) is 13.8. The molecule has 0 aliphatic heterocycles. The molecule has 0 unspecified atom stereocenters. The van der Waals surface area contributed by atoms with Gasteiger partial charge in [0.1, 0.15) is 0 Å². The number of aromatic nitrogens is 1. The van der Waals surface area contributed by atoms with E-state index in [1.54, 1.807) is 53.4 Å². The fourth-order valence-corrected chi connectivity index (χ4v) is 4.11. The van der Waals surface area contributed by atoms with Crippen LogP contribution in [0.4, 0.5) is 11.4 Å². The minimum absolute atomic E-state index is 0.0480. The van der Waals surface area contributed by atoms with Crippen molar-refractivity contribution in [2.45, 2.75) is 22.6 Å². The summed E-state index contributed by atoms with van der Waals surface area (Å²) in [5.41, 5.74) is 1.99. The molecule has 1 heterocycles. The molecule has 0 atom stereocenters. The average molecular weight is 385 g/mol. The van der Waals surface area contributed by atoms with Gasteiger partial charge in [-0.3, -0.25) is 14.9 Å². The van der Waals surface area contributed by atoms with Crippen LogP contribution in [0, 0.1) is 17.0 Å². The molecule has 0 saturated carbocycles. The first kappa shape index (κ1) is 18.1. The van der Waals surface area contributed by atoms with Gasteiger partial charge in [0.2, 0.25) is 5.91 Å². The molecule has 26 heavy (non-hydrogen) atoms. The summed E-state index contributed by atoms with van der Waals surface area (Å²) in [6.45, 7) is 1.95. The lowest BCUT2D eigenvalue weighted by molar-refractivity contribution is -0.385. The average Bonchev–Trinajstić information content (AvgIpc) is 3.02. The summed E-state index contributed by atoms with van der Waals surface area (Å²) >= 11 is 3.15. The Morgan fingerprint density at radius 1 is 1.23 bits per heavy atom. The number of anilines is 1. The zero-order valence-corrected chi connectivity index (χ0v) is 15.5. The van der Waals surface area contributed by atoms with Gasteiger partial charge in [0.15, 0.2) is 4.34 Å². The highest BCUT2D eigenvalue weighted by atomic mass is 32.2. The van der Waals surface area contributed by atoms with Gasteiger partial charge >= 0.3 is 0 Å². The van der Waals surface area contributed by atoms with Crippen molar-refractivity contribution >= 4 is 40.4 Å². The molecular formula is C18H15N3O3S2. The maximum atomic E-state index is 12.2. The Labute approximate surface area is 158 Å². The second-order valence-electron chi connectivity index (χ2n) is 5.49. The zero-order chi connectivity index (χ0) is 18.5. The van der Waals surface area contributed by atoms with E-state index in [-0.39, 0.29) is 18.0 Å². The van der Waals surface area contributed by atoms with Gasteiger partial charge in [0, 0.05) is 33.3 Å². The number of benzene rings is 2. The van der Waals surface area contributed by atoms with E-state index in [4.69, 9.17) is 0 Å². The molecule has 0 saturated heterocycles. The van der Waals surface area contributed by atoms with Crippen LogP contribution in [0.15, 0.2) is 63.1 Å². The minimum atomic E-state index is -0.477. The van der Waals surface area contributed by atoms with E-state index >= 15 is 0 Å². The molecule has 3 aromatic rings. The van der Waals surface area contributed by atoms with E-state index in [0.29, 0.717) is 11.3 Å². The topological polar surface area (TPSA) is 85.1 Å². The SMILES string of the molecule is Cc1csc(Sc2ccc(NC(=O)Cc3ccccc3[N+](=O)[O-])cc2)n1. The third-order valence-corrected chi connectivity index (χ3v) is 5.54. The van der Waals surface area contributed by atoms with Crippen molar-refractivity contribution in [3.8, 4) is 0 Å². The molecule has 132 valence electrons. The summed E-state index contributed by atoms with van der Waals surface area (Å²) in [4.78, 5) is 28.2. The quantitative estimate of drug-likeness (QED) is 0.491. The summed E-state index contributed by atoms with van der Waals surface area (Å²) in [6.07, 6.45) is -0.0496. The molecule has 1 aromatic heterocycles. The standard InChI is InChI=1S/C18H15N3O3S2/c1-12-11-25-18(19-12)26-15-8-6-14(7-9-15)20-17(22)10-13-4-2-3-5-16(13)21(23)24/h2-9,11H,10H2,1H3,(H,20,22). The van der Waals surface area contributed by atoms with E-state index in [1.807, 2.05) is 24.4 Å². The summed E-state index contributed by atoms with van der Waals surface area (Å²) in [6, 6.07) is 13.7. The Kier molecular flexibility index (Phi) is 5.65. The van der Waals surface area contributed by atoms with Crippen LogP contribution >= 0.6 is 23.1 Å². The number of thiazole rings is 1. The smallest absolute Gasteiger partial charge is 0.273 e. The van der Waals surface area contributed by atoms with Crippen LogP contribution in [-0.4, -0.2) is 15.8 Å². The maximum Gasteiger partial charge on any atom is 0.273 e. The fraction of sp³-hybridized carbons (Fsp3) is 0.111. The van der Waals surface area contributed by atoms with Gasteiger partial charge in [-0.1, -0.05) is 30.0 Å². The number of hydrogen-bond donors (Lipinski definition) is 1.